The standard InChI is InChI=1S/C70H128O6/c1-4-7-10-13-16-19-22-25-28-30-31-32-33-34-35-36-37-38-39-40-43-45-48-51-54-57-60-63-69(72)75-66-67(65-74-68(71)62-59-56-53-50-47-44-41-27-24-21-18-15-12-9-6-3)76-70(73)64-61-58-55-52-49-46-42-29-26-23-20-17-14-11-8-5-2/h9,12,18,21,27,29,41-42,67H,4-8,10-11,13-17,19-20,22-26,28,30-40,43-66H2,1-3H3/b12-9-,21-18-,41-27-,42-29-. The van der Waals surface area contributed by atoms with Crippen LogP contribution in [0.5, 0.6) is 0 Å². The van der Waals surface area contributed by atoms with E-state index >= 15 is 0 Å². The van der Waals surface area contributed by atoms with E-state index in [-0.39, 0.29) is 31.1 Å². The number of ether oxygens (including phenoxy) is 3. The van der Waals surface area contributed by atoms with E-state index in [1.165, 1.54) is 212 Å². The molecule has 0 aromatic rings. The van der Waals surface area contributed by atoms with Gasteiger partial charge in [-0.1, -0.05) is 313 Å². The van der Waals surface area contributed by atoms with Crippen molar-refractivity contribution in [2.75, 3.05) is 13.2 Å². The molecular weight excluding hydrogens is 937 g/mol. The number of hydrogen-bond acceptors (Lipinski definition) is 6. The monoisotopic (exact) mass is 1060 g/mol. The summed E-state index contributed by atoms with van der Waals surface area (Å²) in [6, 6.07) is 0. The number of esters is 3. The van der Waals surface area contributed by atoms with Crippen molar-refractivity contribution in [1.82, 2.24) is 0 Å². The fourth-order valence-corrected chi connectivity index (χ4v) is 10.0. The molecule has 76 heavy (non-hydrogen) atoms. The Bertz CT molecular complexity index is 1310. The fraction of sp³-hybridized carbons (Fsp3) is 0.843. The van der Waals surface area contributed by atoms with Gasteiger partial charge in [-0.2, -0.15) is 0 Å². The first-order valence-corrected chi connectivity index (χ1v) is 33.6. The minimum absolute atomic E-state index is 0.0785. The highest BCUT2D eigenvalue weighted by Crippen LogP contribution is 2.18. The molecule has 0 fully saturated rings. The van der Waals surface area contributed by atoms with Gasteiger partial charge in [0, 0.05) is 19.3 Å². The molecule has 0 bridgehead atoms. The lowest BCUT2D eigenvalue weighted by Crippen LogP contribution is -2.30. The predicted octanol–water partition coefficient (Wildman–Crippen LogP) is 22.9. The Balaban J connectivity index is 4.23. The first-order chi connectivity index (χ1) is 37.5. The molecule has 0 saturated heterocycles. The quantitative estimate of drug-likeness (QED) is 0.0261. The maximum Gasteiger partial charge on any atom is 0.306 e. The van der Waals surface area contributed by atoms with Gasteiger partial charge in [0.05, 0.1) is 0 Å². The van der Waals surface area contributed by atoms with E-state index in [4.69, 9.17) is 14.2 Å². The van der Waals surface area contributed by atoms with E-state index in [9.17, 15) is 14.4 Å². The van der Waals surface area contributed by atoms with E-state index in [2.05, 4.69) is 69.4 Å². The highest BCUT2D eigenvalue weighted by Gasteiger charge is 2.19. The van der Waals surface area contributed by atoms with Crippen LogP contribution in [0.15, 0.2) is 48.6 Å². The van der Waals surface area contributed by atoms with Gasteiger partial charge in [-0.15, -0.1) is 0 Å². The largest absolute Gasteiger partial charge is 0.462 e. The van der Waals surface area contributed by atoms with Crippen LogP contribution in [0.25, 0.3) is 0 Å². The minimum atomic E-state index is -0.784. The molecule has 0 amide bonds. The fourth-order valence-electron chi connectivity index (χ4n) is 10.0. The van der Waals surface area contributed by atoms with Crippen LogP contribution in [0.2, 0.25) is 0 Å². The van der Waals surface area contributed by atoms with Crippen molar-refractivity contribution in [3.05, 3.63) is 48.6 Å². The first kappa shape index (κ1) is 73.4. The number of hydrogen-bond donors (Lipinski definition) is 0. The molecule has 6 nitrogen and oxygen atoms in total. The Morgan fingerprint density at radius 1 is 0.276 bits per heavy atom. The van der Waals surface area contributed by atoms with E-state index in [0.29, 0.717) is 19.3 Å². The summed E-state index contributed by atoms with van der Waals surface area (Å²) in [5, 5.41) is 0. The summed E-state index contributed by atoms with van der Waals surface area (Å²) in [6.45, 7) is 6.56. The van der Waals surface area contributed by atoms with Crippen LogP contribution in [0.3, 0.4) is 0 Å². The van der Waals surface area contributed by atoms with Crippen LogP contribution < -0.4 is 0 Å². The van der Waals surface area contributed by atoms with Gasteiger partial charge in [0.1, 0.15) is 13.2 Å². The normalized spacial score (nSPS) is 12.3. The summed E-state index contributed by atoms with van der Waals surface area (Å²) in [5.41, 5.74) is 0. The van der Waals surface area contributed by atoms with Crippen molar-refractivity contribution < 1.29 is 28.6 Å². The van der Waals surface area contributed by atoms with Crippen molar-refractivity contribution in [1.29, 1.82) is 0 Å². The van der Waals surface area contributed by atoms with Crippen molar-refractivity contribution in [3.63, 3.8) is 0 Å². The van der Waals surface area contributed by atoms with Gasteiger partial charge in [0.25, 0.3) is 0 Å². The second-order valence-corrected chi connectivity index (χ2v) is 22.7. The van der Waals surface area contributed by atoms with Crippen LogP contribution in [-0.2, 0) is 28.6 Å². The molecule has 0 rings (SSSR count). The SMILES string of the molecule is CC/C=C\C/C=C\C/C=C\CCCCCCCC(=O)OCC(COC(=O)CCCCCCCCCCCCCCCCCCCCCCCCCCCCC)OC(=O)CCCCCCC/C=C\CCCCCCCCC. The zero-order valence-corrected chi connectivity index (χ0v) is 51.0. The molecule has 0 aliphatic heterocycles. The first-order valence-electron chi connectivity index (χ1n) is 33.6. The predicted molar refractivity (Wildman–Crippen MR) is 330 cm³/mol. The lowest BCUT2D eigenvalue weighted by atomic mass is 10.0. The van der Waals surface area contributed by atoms with Gasteiger partial charge >= 0.3 is 17.9 Å². The molecule has 0 radical (unpaired) electrons. The molecule has 0 heterocycles. The van der Waals surface area contributed by atoms with Crippen molar-refractivity contribution >= 4 is 17.9 Å². The van der Waals surface area contributed by atoms with E-state index in [1.54, 1.807) is 0 Å². The lowest BCUT2D eigenvalue weighted by molar-refractivity contribution is -0.167. The molecule has 0 aliphatic rings. The molecule has 444 valence electrons. The number of allylic oxidation sites excluding steroid dienone is 8. The number of carbonyl (C=O) groups is 3. The Hall–Kier alpha value is -2.63. The third-order valence-corrected chi connectivity index (χ3v) is 15.1. The van der Waals surface area contributed by atoms with Gasteiger partial charge in [-0.05, 0) is 77.0 Å². The maximum atomic E-state index is 12.9. The summed E-state index contributed by atoms with van der Waals surface area (Å²) in [5.74, 6) is -0.883. The third-order valence-electron chi connectivity index (χ3n) is 15.1. The third kappa shape index (κ3) is 62.2. The molecule has 0 aliphatic carbocycles. The van der Waals surface area contributed by atoms with Gasteiger partial charge in [0.15, 0.2) is 6.10 Å². The Kier molecular flexibility index (Phi) is 62.6. The van der Waals surface area contributed by atoms with Gasteiger partial charge < -0.3 is 14.2 Å². The maximum absolute atomic E-state index is 12.9. The lowest BCUT2D eigenvalue weighted by Gasteiger charge is -2.18. The van der Waals surface area contributed by atoms with E-state index < -0.39 is 6.10 Å². The average molecular weight is 1070 g/mol. The van der Waals surface area contributed by atoms with Crippen molar-refractivity contribution in [2.24, 2.45) is 0 Å². The van der Waals surface area contributed by atoms with Crippen LogP contribution in [0, 0.1) is 0 Å². The van der Waals surface area contributed by atoms with Crippen LogP contribution in [0.1, 0.15) is 361 Å². The van der Waals surface area contributed by atoms with Gasteiger partial charge in [-0.25, -0.2) is 0 Å². The van der Waals surface area contributed by atoms with Gasteiger partial charge in [-0.3, -0.25) is 14.4 Å². The minimum Gasteiger partial charge on any atom is -0.462 e. The summed E-state index contributed by atoms with van der Waals surface area (Å²) in [4.78, 5) is 38.3. The topological polar surface area (TPSA) is 78.9 Å². The summed E-state index contributed by atoms with van der Waals surface area (Å²) < 4.78 is 16.9. The van der Waals surface area contributed by atoms with Crippen molar-refractivity contribution in [3.8, 4) is 0 Å². The number of unbranched alkanes of at least 4 members (excludes halogenated alkanes) is 43. The van der Waals surface area contributed by atoms with Crippen LogP contribution in [0.4, 0.5) is 0 Å². The molecule has 0 spiro atoms. The Morgan fingerprint density at radius 2 is 0.513 bits per heavy atom. The second kappa shape index (κ2) is 64.9. The van der Waals surface area contributed by atoms with Crippen molar-refractivity contribution in [2.45, 2.75) is 367 Å². The number of carbonyl (C=O) groups excluding carboxylic acids is 3. The summed E-state index contributed by atoms with van der Waals surface area (Å²) in [7, 11) is 0. The van der Waals surface area contributed by atoms with E-state index in [0.717, 1.165) is 109 Å². The smallest absolute Gasteiger partial charge is 0.306 e. The van der Waals surface area contributed by atoms with E-state index in [1.807, 2.05) is 0 Å². The second-order valence-electron chi connectivity index (χ2n) is 22.7. The Labute approximate surface area is 473 Å². The molecule has 1 unspecified atom stereocenters. The molecular formula is C70H128O6. The van der Waals surface area contributed by atoms with Gasteiger partial charge in [0.2, 0.25) is 0 Å². The number of rotatable bonds is 62. The molecule has 6 heteroatoms. The Morgan fingerprint density at radius 3 is 0.816 bits per heavy atom. The highest BCUT2D eigenvalue weighted by molar-refractivity contribution is 5.71. The zero-order chi connectivity index (χ0) is 55.0. The molecule has 0 saturated carbocycles. The average Bonchev–Trinajstić information content (AvgIpc) is 3.42. The molecule has 0 aromatic carbocycles. The summed E-state index contributed by atoms with van der Waals surface area (Å²) >= 11 is 0. The van der Waals surface area contributed by atoms with Crippen LogP contribution in [-0.4, -0.2) is 37.2 Å². The highest BCUT2D eigenvalue weighted by atomic mass is 16.6. The molecule has 1 atom stereocenters. The summed E-state index contributed by atoms with van der Waals surface area (Å²) in [6.07, 6.45) is 81.4. The zero-order valence-electron chi connectivity index (χ0n) is 51.0. The molecule has 0 aromatic heterocycles. The van der Waals surface area contributed by atoms with Crippen LogP contribution >= 0.6 is 0 Å². The molecule has 0 N–H and O–H groups in total.